The molecule has 1 unspecified atom stereocenters. The van der Waals surface area contributed by atoms with E-state index in [9.17, 15) is 27.9 Å². The summed E-state index contributed by atoms with van der Waals surface area (Å²) in [4.78, 5) is 25.1. The highest BCUT2D eigenvalue weighted by Gasteiger charge is 2.50. The lowest BCUT2D eigenvalue weighted by Crippen LogP contribution is -2.56. The molecule has 23 heavy (non-hydrogen) atoms. The first kappa shape index (κ1) is 17.3. The molecule has 0 spiro atoms. The molecule has 0 aliphatic carbocycles. The van der Waals surface area contributed by atoms with Gasteiger partial charge in [-0.25, -0.2) is 18.0 Å². The molecule has 1 fully saturated rings. The summed E-state index contributed by atoms with van der Waals surface area (Å²) in [5.41, 5.74) is -1.83. The van der Waals surface area contributed by atoms with E-state index in [4.69, 9.17) is 4.74 Å². The minimum atomic E-state index is -1.51. The van der Waals surface area contributed by atoms with Crippen molar-refractivity contribution in [2.24, 2.45) is 0 Å². The first-order valence-electron chi connectivity index (χ1n) is 6.98. The van der Waals surface area contributed by atoms with Gasteiger partial charge in [0.1, 0.15) is 5.82 Å². The van der Waals surface area contributed by atoms with Crippen LogP contribution < -0.4 is 0 Å². The molecule has 2 rings (SSSR count). The molecule has 0 aromatic heterocycles. The monoisotopic (exact) mass is 331 g/mol. The number of halogens is 3. The van der Waals surface area contributed by atoms with Gasteiger partial charge < -0.3 is 14.7 Å². The molecule has 0 bridgehead atoms. The second-order valence-corrected chi connectivity index (χ2v) is 5.45. The molecule has 126 valence electrons. The third-order valence-corrected chi connectivity index (χ3v) is 4.00. The summed E-state index contributed by atoms with van der Waals surface area (Å²) in [7, 11) is 1.32. The van der Waals surface area contributed by atoms with Crippen LogP contribution >= 0.6 is 0 Å². The molecule has 8 heteroatoms. The quantitative estimate of drug-likeness (QED) is 0.835. The number of carbonyl (C=O) groups is 2. The molecule has 1 atom stereocenters. The molecule has 1 aliphatic rings. The molecule has 1 saturated heterocycles. The Morgan fingerprint density at radius 2 is 1.91 bits per heavy atom. The lowest BCUT2D eigenvalue weighted by atomic mass is 9.96. The molecule has 1 heterocycles. The summed E-state index contributed by atoms with van der Waals surface area (Å²) in [6, 6.07) is 0.971. The molecule has 0 saturated carbocycles. The van der Waals surface area contributed by atoms with E-state index in [0.29, 0.717) is 18.6 Å². The highest BCUT2D eigenvalue weighted by Crippen LogP contribution is 2.31. The lowest BCUT2D eigenvalue weighted by Gasteiger charge is -2.34. The van der Waals surface area contributed by atoms with Crippen molar-refractivity contribution in [3.05, 3.63) is 35.1 Å². The third kappa shape index (κ3) is 3.17. The Hall–Kier alpha value is -2.09. The number of amides is 1. The van der Waals surface area contributed by atoms with Gasteiger partial charge in [-0.2, -0.15) is 0 Å². The number of rotatable bonds is 5. The Balaban J connectivity index is 2.26. The minimum Gasteiger partial charge on any atom is -0.479 e. The Bertz CT molecular complexity index is 637. The van der Waals surface area contributed by atoms with Gasteiger partial charge in [0.25, 0.3) is 0 Å². The largest absolute Gasteiger partial charge is 0.479 e. The van der Waals surface area contributed by atoms with Crippen LogP contribution in [-0.2, 0) is 20.7 Å². The van der Waals surface area contributed by atoms with Gasteiger partial charge in [0.2, 0.25) is 5.91 Å². The number of hydrogen-bond donors (Lipinski definition) is 1. The molecule has 1 N–H and O–H groups in total. The SMILES string of the molecule is COCC1(C(=O)O)CCCN1C(=O)Cc1cc(F)c(F)cc1F. The molecule has 5 nitrogen and oxygen atoms in total. The van der Waals surface area contributed by atoms with Crippen molar-refractivity contribution in [1.82, 2.24) is 4.90 Å². The van der Waals surface area contributed by atoms with Gasteiger partial charge in [0.15, 0.2) is 17.2 Å². The Labute approximate surface area is 130 Å². The maximum absolute atomic E-state index is 13.7. The molecular formula is C15H16F3NO4. The van der Waals surface area contributed by atoms with Gasteiger partial charge in [-0.05, 0) is 18.9 Å². The summed E-state index contributed by atoms with van der Waals surface area (Å²) in [6.07, 6.45) is 0.117. The second kappa shape index (κ2) is 6.57. The first-order chi connectivity index (χ1) is 10.8. The number of nitrogens with zero attached hydrogens (tertiary/aromatic N) is 1. The fourth-order valence-corrected chi connectivity index (χ4v) is 2.87. The second-order valence-electron chi connectivity index (χ2n) is 5.45. The normalized spacial score (nSPS) is 20.8. The van der Waals surface area contributed by atoms with Crippen LogP contribution in [0.5, 0.6) is 0 Å². The molecule has 1 aromatic carbocycles. The third-order valence-electron chi connectivity index (χ3n) is 4.00. The van der Waals surface area contributed by atoms with Crippen LogP contribution in [0.1, 0.15) is 18.4 Å². The topological polar surface area (TPSA) is 66.8 Å². The summed E-state index contributed by atoms with van der Waals surface area (Å²) >= 11 is 0. The molecule has 0 radical (unpaired) electrons. The van der Waals surface area contributed by atoms with Gasteiger partial charge in [-0.3, -0.25) is 4.79 Å². The number of methoxy groups -OCH3 is 1. The Morgan fingerprint density at radius 3 is 2.52 bits per heavy atom. The van der Waals surface area contributed by atoms with Crippen LogP contribution in [0.15, 0.2) is 12.1 Å². The zero-order valence-electron chi connectivity index (χ0n) is 12.4. The Morgan fingerprint density at radius 1 is 1.26 bits per heavy atom. The van der Waals surface area contributed by atoms with Crippen LogP contribution in [-0.4, -0.2) is 47.7 Å². The van der Waals surface area contributed by atoms with E-state index in [2.05, 4.69) is 0 Å². The van der Waals surface area contributed by atoms with E-state index < -0.39 is 41.3 Å². The van der Waals surface area contributed by atoms with Crippen molar-refractivity contribution in [3.63, 3.8) is 0 Å². The van der Waals surface area contributed by atoms with Crippen LogP contribution in [0.2, 0.25) is 0 Å². The highest BCUT2D eigenvalue weighted by atomic mass is 19.2. The van der Waals surface area contributed by atoms with Crippen LogP contribution in [0.3, 0.4) is 0 Å². The number of carboxylic acids is 1. The zero-order chi connectivity index (χ0) is 17.2. The van der Waals surface area contributed by atoms with Crippen molar-refractivity contribution in [2.45, 2.75) is 24.8 Å². The van der Waals surface area contributed by atoms with Crippen LogP contribution in [0.25, 0.3) is 0 Å². The number of carbonyl (C=O) groups excluding carboxylic acids is 1. The number of hydrogen-bond acceptors (Lipinski definition) is 3. The van der Waals surface area contributed by atoms with Crippen molar-refractivity contribution in [2.75, 3.05) is 20.3 Å². The predicted octanol–water partition coefficient (Wildman–Crippen LogP) is 1.74. The molecule has 1 amide bonds. The summed E-state index contributed by atoms with van der Waals surface area (Å²) in [5, 5.41) is 9.46. The zero-order valence-corrected chi connectivity index (χ0v) is 12.4. The van der Waals surface area contributed by atoms with E-state index in [-0.39, 0.29) is 25.1 Å². The van der Waals surface area contributed by atoms with Crippen molar-refractivity contribution < 1.29 is 32.6 Å². The smallest absolute Gasteiger partial charge is 0.332 e. The predicted molar refractivity (Wildman–Crippen MR) is 73.2 cm³/mol. The average Bonchev–Trinajstić information content (AvgIpc) is 2.90. The van der Waals surface area contributed by atoms with Gasteiger partial charge in [0.05, 0.1) is 13.0 Å². The van der Waals surface area contributed by atoms with Gasteiger partial charge >= 0.3 is 5.97 Å². The number of aliphatic carboxylic acids is 1. The molecule has 1 aromatic rings. The fourth-order valence-electron chi connectivity index (χ4n) is 2.87. The molecule has 1 aliphatic heterocycles. The standard InChI is InChI=1S/C15H16F3NO4/c1-23-8-15(14(21)22)3-2-4-19(15)13(20)6-9-5-11(17)12(18)7-10(9)16/h5,7H,2-4,6,8H2,1H3,(H,21,22). The van der Waals surface area contributed by atoms with Crippen molar-refractivity contribution in [1.29, 1.82) is 0 Å². The maximum atomic E-state index is 13.7. The summed E-state index contributed by atoms with van der Waals surface area (Å²) < 4.78 is 44.7. The minimum absolute atomic E-state index is 0.180. The van der Waals surface area contributed by atoms with E-state index in [0.717, 1.165) is 4.90 Å². The van der Waals surface area contributed by atoms with Crippen molar-refractivity contribution >= 4 is 11.9 Å². The first-order valence-corrected chi connectivity index (χ1v) is 6.98. The van der Waals surface area contributed by atoms with E-state index in [1.165, 1.54) is 7.11 Å². The van der Waals surface area contributed by atoms with Crippen LogP contribution in [0.4, 0.5) is 13.2 Å². The highest BCUT2D eigenvalue weighted by molar-refractivity contribution is 5.89. The van der Waals surface area contributed by atoms with Gasteiger partial charge in [0, 0.05) is 25.3 Å². The number of likely N-dealkylation sites (tertiary alicyclic amines) is 1. The summed E-state index contributed by atoms with van der Waals surface area (Å²) in [6.45, 7) is -0.0197. The lowest BCUT2D eigenvalue weighted by molar-refractivity contribution is -0.160. The number of carboxylic acid groups (broad SMARTS) is 1. The molecular weight excluding hydrogens is 315 g/mol. The van der Waals surface area contributed by atoms with Gasteiger partial charge in [-0.1, -0.05) is 0 Å². The van der Waals surface area contributed by atoms with Crippen molar-refractivity contribution in [3.8, 4) is 0 Å². The van der Waals surface area contributed by atoms with E-state index >= 15 is 0 Å². The number of ether oxygens (including phenoxy) is 1. The Kier molecular flexibility index (Phi) is 4.93. The number of benzene rings is 1. The van der Waals surface area contributed by atoms with E-state index in [1.54, 1.807) is 0 Å². The van der Waals surface area contributed by atoms with Gasteiger partial charge in [-0.15, -0.1) is 0 Å². The average molecular weight is 331 g/mol. The maximum Gasteiger partial charge on any atom is 0.332 e. The van der Waals surface area contributed by atoms with Crippen LogP contribution in [0, 0.1) is 17.5 Å². The fraction of sp³-hybridized carbons (Fsp3) is 0.467. The van der Waals surface area contributed by atoms with E-state index in [1.807, 2.05) is 0 Å². The summed E-state index contributed by atoms with van der Waals surface area (Å²) in [5.74, 6) is -5.55.